The van der Waals surface area contributed by atoms with Crippen molar-refractivity contribution >= 4 is 17.9 Å². The van der Waals surface area contributed by atoms with Crippen LogP contribution in [0.2, 0.25) is 0 Å². The molecule has 0 aliphatic carbocycles. The maximum absolute atomic E-state index is 12.9. The van der Waals surface area contributed by atoms with Gasteiger partial charge in [-0.2, -0.15) is 0 Å². The molecule has 0 aromatic heterocycles. The summed E-state index contributed by atoms with van der Waals surface area (Å²) in [6.45, 7) is 4.43. The first-order chi connectivity index (χ1) is 35.6. The first-order valence-electron chi connectivity index (χ1n) is 28.0. The standard InChI is InChI=1S/C64H101NO8/c1-6-8-10-12-14-16-18-20-22-24-26-27-28-29-30-31-32-33-34-35-37-39-41-43-45-47-49-51-53-55-62(67)73-60(59-72-64(63(68)69)70-57-56-65(3,4)5)58-71-61(66)54-52-50-48-46-44-42-40-38-36-25-23-21-19-17-15-13-11-9-7-2/h8-11,14-17,20-23,26-27,29-30,32-33,35-38,42,44,60,64H,6-7,12-13,18-19,24-25,28,31,34,39-41,43,45-59H2,1-5H3/b10-8-,11-9-,16-14-,17-15-,22-20-,23-21-,27-26-,30-29-,33-32-,37-35-,38-36-,44-42-. The van der Waals surface area contributed by atoms with E-state index in [2.05, 4.69) is 160 Å². The molecule has 0 aromatic rings. The normalized spacial score (nSPS) is 13.9. The van der Waals surface area contributed by atoms with E-state index in [9.17, 15) is 19.5 Å². The Balaban J connectivity index is 4.39. The lowest BCUT2D eigenvalue weighted by Gasteiger charge is -2.26. The van der Waals surface area contributed by atoms with Gasteiger partial charge in [-0.1, -0.05) is 198 Å². The van der Waals surface area contributed by atoms with Crippen molar-refractivity contribution in [2.45, 2.75) is 193 Å². The lowest BCUT2D eigenvalue weighted by atomic mass is 10.1. The maximum Gasteiger partial charge on any atom is 0.306 e. The summed E-state index contributed by atoms with van der Waals surface area (Å²) in [5.41, 5.74) is 0. The van der Waals surface area contributed by atoms with Crippen molar-refractivity contribution in [2.75, 3.05) is 47.5 Å². The Labute approximate surface area is 445 Å². The third-order valence-corrected chi connectivity index (χ3v) is 11.1. The lowest BCUT2D eigenvalue weighted by molar-refractivity contribution is -0.870. The van der Waals surface area contributed by atoms with Crippen molar-refractivity contribution in [3.05, 3.63) is 146 Å². The molecule has 9 nitrogen and oxygen atoms in total. The number of quaternary nitrogens is 1. The third-order valence-electron chi connectivity index (χ3n) is 11.1. The topological polar surface area (TPSA) is 111 Å². The van der Waals surface area contributed by atoms with Crippen molar-refractivity contribution < 1.29 is 42.9 Å². The Kier molecular flexibility index (Phi) is 49.9. The largest absolute Gasteiger partial charge is 0.545 e. The molecule has 0 saturated heterocycles. The van der Waals surface area contributed by atoms with Gasteiger partial charge < -0.3 is 33.3 Å². The highest BCUT2D eigenvalue weighted by atomic mass is 16.7. The number of carbonyl (C=O) groups excluding carboxylic acids is 3. The van der Waals surface area contributed by atoms with E-state index in [4.69, 9.17) is 18.9 Å². The zero-order chi connectivity index (χ0) is 53.4. The minimum absolute atomic E-state index is 0.130. The van der Waals surface area contributed by atoms with Crippen molar-refractivity contribution in [3.8, 4) is 0 Å². The van der Waals surface area contributed by atoms with Crippen LogP contribution in [0, 0.1) is 0 Å². The summed E-state index contributed by atoms with van der Waals surface area (Å²) in [7, 11) is 5.89. The highest BCUT2D eigenvalue weighted by molar-refractivity contribution is 5.70. The van der Waals surface area contributed by atoms with E-state index in [0.717, 1.165) is 128 Å². The van der Waals surface area contributed by atoms with Crippen molar-refractivity contribution in [3.63, 3.8) is 0 Å². The number of nitrogens with zero attached hydrogens (tertiary/aromatic N) is 1. The van der Waals surface area contributed by atoms with Crippen LogP contribution in [-0.2, 0) is 33.3 Å². The van der Waals surface area contributed by atoms with Crippen LogP contribution < -0.4 is 5.11 Å². The number of carboxylic acid groups (broad SMARTS) is 1. The molecule has 0 radical (unpaired) electrons. The number of carboxylic acids is 1. The summed E-state index contributed by atoms with van der Waals surface area (Å²) >= 11 is 0. The average molecular weight is 1010 g/mol. The van der Waals surface area contributed by atoms with Crippen molar-refractivity contribution in [1.82, 2.24) is 0 Å². The Bertz CT molecular complexity index is 1700. The fraction of sp³-hybridized carbons (Fsp3) is 0.578. The molecule has 2 unspecified atom stereocenters. The quantitative estimate of drug-likeness (QED) is 0.0195. The second-order valence-corrected chi connectivity index (χ2v) is 19.1. The van der Waals surface area contributed by atoms with Gasteiger partial charge in [-0.05, 0) is 116 Å². The summed E-state index contributed by atoms with van der Waals surface area (Å²) in [6, 6.07) is 0. The molecule has 0 aliphatic rings. The Hall–Kier alpha value is -4.83. The fourth-order valence-corrected chi connectivity index (χ4v) is 6.83. The second-order valence-electron chi connectivity index (χ2n) is 19.1. The van der Waals surface area contributed by atoms with Gasteiger partial charge in [0.2, 0.25) is 0 Å². The number of aliphatic carboxylic acids is 1. The smallest absolute Gasteiger partial charge is 0.306 e. The van der Waals surface area contributed by atoms with Gasteiger partial charge >= 0.3 is 11.9 Å². The second kappa shape index (κ2) is 53.5. The lowest BCUT2D eigenvalue weighted by Crippen LogP contribution is -2.44. The number of allylic oxidation sites excluding steroid dienone is 24. The first-order valence-corrected chi connectivity index (χ1v) is 28.0. The first kappa shape index (κ1) is 68.2. The van der Waals surface area contributed by atoms with Crippen LogP contribution in [0.25, 0.3) is 0 Å². The van der Waals surface area contributed by atoms with Gasteiger partial charge in [-0.25, -0.2) is 0 Å². The van der Waals surface area contributed by atoms with E-state index in [1.165, 1.54) is 12.8 Å². The number of rotatable bonds is 49. The molecule has 410 valence electrons. The molecule has 2 atom stereocenters. The Morgan fingerprint density at radius 1 is 0.411 bits per heavy atom. The molecule has 9 heteroatoms. The van der Waals surface area contributed by atoms with Crippen LogP contribution in [0.4, 0.5) is 0 Å². The van der Waals surface area contributed by atoms with Gasteiger partial charge in [0.25, 0.3) is 0 Å². The Morgan fingerprint density at radius 3 is 1.11 bits per heavy atom. The molecular formula is C64H101NO8. The van der Waals surface area contributed by atoms with Crippen LogP contribution in [0.3, 0.4) is 0 Å². The minimum atomic E-state index is -1.64. The Morgan fingerprint density at radius 2 is 0.740 bits per heavy atom. The summed E-state index contributed by atoms with van der Waals surface area (Å²) < 4.78 is 22.6. The summed E-state index contributed by atoms with van der Waals surface area (Å²) in [5.74, 6) is -2.36. The van der Waals surface area contributed by atoms with Gasteiger partial charge in [0.15, 0.2) is 12.4 Å². The third kappa shape index (κ3) is 54.8. The van der Waals surface area contributed by atoms with Crippen LogP contribution in [0.5, 0.6) is 0 Å². The number of unbranched alkanes of at least 4 members (excludes halogenated alkanes) is 10. The van der Waals surface area contributed by atoms with E-state index in [1.54, 1.807) is 0 Å². The molecule has 0 aliphatic heterocycles. The summed E-state index contributed by atoms with van der Waals surface area (Å²) in [4.78, 5) is 37.3. The van der Waals surface area contributed by atoms with Crippen LogP contribution in [0.1, 0.15) is 181 Å². The zero-order valence-corrected chi connectivity index (χ0v) is 46.4. The van der Waals surface area contributed by atoms with E-state index in [-0.39, 0.29) is 32.7 Å². The zero-order valence-electron chi connectivity index (χ0n) is 46.4. The molecule has 0 saturated carbocycles. The molecule has 0 spiro atoms. The van der Waals surface area contributed by atoms with Crippen LogP contribution >= 0.6 is 0 Å². The number of hydrogen-bond donors (Lipinski definition) is 0. The predicted molar refractivity (Wildman–Crippen MR) is 306 cm³/mol. The average Bonchev–Trinajstić information content (AvgIpc) is 3.36. The molecule has 73 heavy (non-hydrogen) atoms. The van der Waals surface area contributed by atoms with Gasteiger partial charge in [0, 0.05) is 12.8 Å². The molecule has 0 amide bonds. The minimum Gasteiger partial charge on any atom is -0.545 e. The van der Waals surface area contributed by atoms with Gasteiger partial charge in [0.1, 0.15) is 13.2 Å². The molecular weight excluding hydrogens is 911 g/mol. The molecule has 0 bridgehead atoms. The van der Waals surface area contributed by atoms with E-state index in [0.29, 0.717) is 23.9 Å². The molecule has 0 rings (SSSR count). The van der Waals surface area contributed by atoms with Crippen LogP contribution in [-0.4, -0.2) is 82.3 Å². The monoisotopic (exact) mass is 1010 g/mol. The van der Waals surface area contributed by atoms with Crippen molar-refractivity contribution in [1.29, 1.82) is 0 Å². The van der Waals surface area contributed by atoms with Crippen LogP contribution in [0.15, 0.2) is 146 Å². The highest BCUT2D eigenvalue weighted by Crippen LogP contribution is 2.13. The number of esters is 2. The molecule has 0 heterocycles. The molecule has 0 aromatic carbocycles. The number of likely N-dealkylation sites (N-methyl/N-ethyl adjacent to an activating group) is 1. The predicted octanol–water partition coefficient (Wildman–Crippen LogP) is 15.1. The van der Waals surface area contributed by atoms with Gasteiger partial charge in [-0.3, -0.25) is 9.59 Å². The number of hydrogen-bond acceptors (Lipinski definition) is 8. The highest BCUT2D eigenvalue weighted by Gasteiger charge is 2.22. The SMILES string of the molecule is CC/C=C\C/C=C\C/C=C\C/C=C\C/C=C\C/C=C\C/C=C\CCCCCCCCCC(=O)OC(COC(=O)CCCCC/C=C\C/C=C\C/C=C\C/C=C\C/C=C\CC)COC(OCC[N+](C)(C)C)C(=O)[O-]. The van der Waals surface area contributed by atoms with E-state index < -0.39 is 30.3 Å². The number of ether oxygens (including phenoxy) is 4. The number of carbonyl (C=O) groups is 3. The van der Waals surface area contributed by atoms with Gasteiger partial charge in [-0.15, -0.1) is 0 Å². The summed E-state index contributed by atoms with van der Waals surface area (Å²) in [5, 5.41) is 11.8. The molecule has 0 fully saturated rings. The van der Waals surface area contributed by atoms with E-state index in [1.807, 2.05) is 21.1 Å². The van der Waals surface area contributed by atoms with E-state index >= 15 is 0 Å². The van der Waals surface area contributed by atoms with Gasteiger partial charge in [0.05, 0.1) is 40.3 Å². The van der Waals surface area contributed by atoms with Crippen molar-refractivity contribution in [2.24, 2.45) is 0 Å². The maximum atomic E-state index is 12.9. The summed E-state index contributed by atoms with van der Waals surface area (Å²) in [6.07, 6.45) is 74.6. The fourth-order valence-electron chi connectivity index (χ4n) is 6.83. The molecule has 0 N–H and O–H groups in total.